The van der Waals surface area contributed by atoms with Crippen LogP contribution in [0.3, 0.4) is 0 Å². The van der Waals surface area contributed by atoms with Crippen LogP contribution >= 0.6 is 0 Å². The molecule has 3 rings (SSSR count). The van der Waals surface area contributed by atoms with Crippen molar-refractivity contribution in [1.82, 2.24) is 4.98 Å². The van der Waals surface area contributed by atoms with Crippen LogP contribution in [0.15, 0.2) is 18.2 Å². The van der Waals surface area contributed by atoms with Gasteiger partial charge >= 0.3 is 0 Å². The summed E-state index contributed by atoms with van der Waals surface area (Å²) in [5.74, 6) is -0.370. The summed E-state index contributed by atoms with van der Waals surface area (Å²) in [6.07, 6.45) is 2.25. The van der Waals surface area contributed by atoms with Gasteiger partial charge in [0.05, 0.1) is 5.69 Å². The monoisotopic (exact) mass is 243 g/mol. The molecule has 4 heteroatoms. The average Bonchev–Trinajstić information content (AvgIpc) is 2.75. The van der Waals surface area contributed by atoms with E-state index in [9.17, 15) is 4.79 Å². The largest absolute Gasteiger partial charge is 0.370 e. The lowest BCUT2D eigenvalue weighted by atomic mass is 10.1. The first kappa shape index (κ1) is 11.1. The van der Waals surface area contributed by atoms with E-state index in [4.69, 9.17) is 5.73 Å². The predicted octanol–water partition coefficient (Wildman–Crippen LogP) is 2.04. The summed E-state index contributed by atoms with van der Waals surface area (Å²) in [5, 5.41) is 1.11. The summed E-state index contributed by atoms with van der Waals surface area (Å²) < 4.78 is 0. The summed E-state index contributed by atoms with van der Waals surface area (Å²) in [7, 11) is 0. The van der Waals surface area contributed by atoms with Crippen molar-refractivity contribution in [2.75, 3.05) is 18.0 Å². The highest BCUT2D eigenvalue weighted by Crippen LogP contribution is 2.35. The van der Waals surface area contributed by atoms with Crippen LogP contribution in [0.4, 0.5) is 5.69 Å². The number of nitrogens with zero attached hydrogens (tertiary/aromatic N) is 1. The van der Waals surface area contributed by atoms with Crippen molar-refractivity contribution < 1.29 is 4.79 Å². The first-order valence-electron chi connectivity index (χ1n) is 6.40. The van der Waals surface area contributed by atoms with Gasteiger partial charge in [0.2, 0.25) is 5.91 Å². The Bertz CT molecular complexity index is 615. The van der Waals surface area contributed by atoms with Gasteiger partial charge < -0.3 is 15.6 Å². The number of hydrogen-bond acceptors (Lipinski definition) is 2. The third kappa shape index (κ3) is 1.56. The number of aryl methyl sites for hydroxylation is 1. The Balaban J connectivity index is 2.24. The lowest BCUT2D eigenvalue weighted by Gasteiger charge is -2.28. The average molecular weight is 243 g/mol. The van der Waals surface area contributed by atoms with E-state index in [2.05, 4.69) is 16.8 Å². The molecular formula is C14H17N3O. The number of amides is 1. The maximum atomic E-state index is 11.3. The third-order valence-corrected chi connectivity index (χ3v) is 3.68. The normalized spacial score (nSPS) is 14.8. The van der Waals surface area contributed by atoms with Gasteiger partial charge in [0.15, 0.2) is 0 Å². The second-order valence-corrected chi connectivity index (χ2v) is 4.76. The Morgan fingerprint density at radius 1 is 1.50 bits per heavy atom. The van der Waals surface area contributed by atoms with E-state index in [1.165, 1.54) is 17.8 Å². The summed E-state index contributed by atoms with van der Waals surface area (Å²) >= 11 is 0. The standard InChI is InChI=1S/C14H17N3O/c1-2-17-7-3-4-12-13(17)10-8-9(14(15)18)5-6-11(10)16-12/h5-6,8,16H,2-4,7H2,1H3,(H2,15,18). The molecule has 1 amide bonds. The zero-order valence-electron chi connectivity index (χ0n) is 10.5. The molecule has 0 spiro atoms. The Kier molecular flexibility index (Phi) is 2.51. The van der Waals surface area contributed by atoms with Crippen molar-refractivity contribution in [1.29, 1.82) is 0 Å². The molecule has 2 aromatic rings. The van der Waals surface area contributed by atoms with Crippen LogP contribution in [0, 0.1) is 0 Å². The number of aromatic nitrogens is 1. The van der Waals surface area contributed by atoms with Crippen molar-refractivity contribution >= 4 is 22.5 Å². The highest BCUT2D eigenvalue weighted by molar-refractivity contribution is 6.02. The summed E-state index contributed by atoms with van der Waals surface area (Å²) in [6.45, 7) is 4.23. The molecule has 0 aliphatic carbocycles. The second-order valence-electron chi connectivity index (χ2n) is 4.76. The lowest BCUT2D eigenvalue weighted by Crippen LogP contribution is -2.28. The molecule has 3 N–H and O–H groups in total. The molecule has 2 heterocycles. The minimum absolute atomic E-state index is 0.370. The Labute approximate surface area is 106 Å². The number of carbonyl (C=O) groups excluding carboxylic acids is 1. The molecular weight excluding hydrogens is 226 g/mol. The SMILES string of the molecule is CCN1CCCc2[nH]c3ccc(C(N)=O)cc3c21. The molecule has 18 heavy (non-hydrogen) atoms. The maximum absolute atomic E-state index is 11.3. The van der Waals surface area contributed by atoms with Crippen molar-refractivity contribution in [2.45, 2.75) is 19.8 Å². The number of hydrogen-bond donors (Lipinski definition) is 2. The van der Waals surface area contributed by atoms with E-state index in [-0.39, 0.29) is 5.91 Å². The molecule has 1 aromatic carbocycles. The molecule has 0 atom stereocenters. The molecule has 1 aromatic heterocycles. The van der Waals surface area contributed by atoms with Crippen molar-refractivity contribution in [3.8, 4) is 0 Å². The molecule has 0 saturated carbocycles. The van der Waals surface area contributed by atoms with E-state index in [0.717, 1.165) is 30.4 Å². The molecule has 0 saturated heterocycles. The van der Waals surface area contributed by atoms with E-state index in [1.54, 1.807) is 6.07 Å². The minimum atomic E-state index is -0.370. The van der Waals surface area contributed by atoms with Crippen molar-refractivity contribution in [3.05, 3.63) is 29.5 Å². The fourth-order valence-corrected chi connectivity index (χ4v) is 2.80. The highest BCUT2D eigenvalue weighted by atomic mass is 16.1. The first-order chi connectivity index (χ1) is 8.70. The summed E-state index contributed by atoms with van der Waals surface area (Å²) in [5.41, 5.74) is 9.55. The molecule has 1 aliphatic heterocycles. The number of anilines is 1. The first-order valence-corrected chi connectivity index (χ1v) is 6.40. The van der Waals surface area contributed by atoms with E-state index in [0.29, 0.717) is 5.56 Å². The molecule has 4 nitrogen and oxygen atoms in total. The quantitative estimate of drug-likeness (QED) is 0.847. The number of primary amides is 1. The van der Waals surface area contributed by atoms with Crippen LogP contribution in [-0.4, -0.2) is 24.0 Å². The van der Waals surface area contributed by atoms with E-state index in [1.807, 2.05) is 12.1 Å². The molecule has 94 valence electrons. The van der Waals surface area contributed by atoms with Gasteiger partial charge in [0.25, 0.3) is 0 Å². The highest BCUT2D eigenvalue weighted by Gasteiger charge is 2.21. The molecule has 0 radical (unpaired) electrons. The van der Waals surface area contributed by atoms with Crippen molar-refractivity contribution in [3.63, 3.8) is 0 Å². The fraction of sp³-hybridized carbons (Fsp3) is 0.357. The zero-order valence-corrected chi connectivity index (χ0v) is 10.5. The Morgan fingerprint density at radius 2 is 2.33 bits per heavy atom. The predicted molar refractivity (Wildman–Crippen MR) is 73.0 cm³/mol. The van der Waals surface area contributed by atoms with Crippen LogP contribution in [0.2, 0.25) is 0 Å². The lowest BCUT2D eigenvalue weighted by molar-refractivity contribution is 0.100. The number of H-pyrrole nitrogens is 1. The molecule has 1 aliphatic rings. The number of carbonyl (C=O) groups is 1. The third-order valence-electron chi connectivity index (χ3n) is 3.68. The van der Waals surface area contributed by atoms with Gasteiger partial charge in [-0.1, -0.05) is 0 Å². The van der Waals surface area contributed by atoms with E-state index >= 15 is 0 Å². The molecule has 0 bridgehead atoms. The number of fused-ring (bicyclic) bond motifs is 3. The van der Waals surface area contributed by atoms with Crippen molar-refractivity contribution in [2.24, 2.45) is 5.73 Å². The maximum Gasteiger partial charge on any atom is 0.248 e. The molecule has 0 fully saturated rings. The zero-order chi connectivity index (χ0) is 12.7. The van der Waals surface area contributed by atoms with Crippen LogP contribution in [-0.2, 0) is 6.42 Å². The second kappa shape index (κ2) is 4.05. The Morgan fingerprint density at radius 3 is 3.06 bits per heavy atom. The number of nitrogens with one attached hydrogen (secondary N) is 1. The van der Waals surface area contributed by atoms with Gasteiger partial charge in [-0.05, 0) is 38.0 Å². The fourth-order valence-electron chi connectivity index (χ4n) is 2.80. The number of benzene rings is 1. The number of rotatable bonds is 2. The van der Waals surface area contributed by atoms with Crippen LogP contribution in [0.1, 0.15) is 29.4 Å². The minimum Gasteiger partial charge on any atom is -0.370 e. The van der Waals surface area contributed by atoms with Crippen LogP contribution in [0.25, 0.3) is 10.9 Å². The van der Waals surface area contributed by atoms with Gasteiger partial charge in [0, 0.05) is 35.2 Å². The van der Waals surface area contributed by atoms with Crippen LogP contribution in [0.5, 0.6) is 0 Å². The van der Waals surface area contributed by atoms with Gasteiger partial charge in [-0.15, -0.1) is 0 Å². The van der Waals surface area contributed by atoms with Gasteiger partial charge in [0.1, 0.15) is 0 Å². The number of aromatic amines is 1. The number of nitrogens with two attached hydrogens (primary N) is 1. The summed E-state index contributed by atoms with van der Waals surface area (Å²) in [4.78, 5) is 17.1. The van der Waals surface area contributed by atoms with Crippen LogP contribution < -0.4 is 10.6 Å². The van der Waals surface area contributed by atoms with Gasteiger partial charge in [-0.25, -0.2) is 0 Å². The van der Waals surface area contributed by atoms with E-state index < -0.39 is 0 Å². The summed E-state index contributed by atoms with van der Waals surface area (Å²) in [6, 6.07) is 5.63. The molecule has 0 unspecified atom stereocenters. The smallest absolute Gasteiger partial charge is 0.248 e. The Hall–Kier alpha value is -1.97. The van der Waals surface area contributed by atoms with Gasteiger partial charge in [-0.3, -0.25) is 4.79 Å². The topological polar surface area (TPSA) is 62.1 Å². The van der Waals surface area contributed by atoms with Gasteiger partial charge in [-0.2, -0.15) is 0 Å².